The lowest BCUT2D eigenvalue weighted by atomic mass is 9.95. The molecule has 1 aromatic rings. The Balaban J connectivity index is 3.30. The van der Waals surface area contributed by atoms with Crippen molar-refractivity contribution in [2.24, 2.45) is 5.41 Å². The minimum atomic E-state index is -3.88. The van der Waals surface area contributed by atoms with Gasteiger partial charge in [-0.2, -0.15) is 0 Å². The normalized spacial score (nSPS) is 13.8. The fraction of sp³-hybridized carbons (Fsp3) is 0.500. The zero-order chi connectivity index (χ0) is 18.4. The second-order valence-corrected chi connectivity index (χ2v) is 9.35. The summed E-state index contributed by atoms with van der Waals surface area (Å²) in [5, 5.41) is 0.979. The van der Waals surface area contributed by atoms with Crippen molar-refractivity contribution in [1.82, 2.24) is 0 Å². The van der Waals surface area contributed by atoms with Crippen molar-refractivity contribution in [3.05, 3.63) is 41.5 Å². The highest BCUT2D eigenvalue weighted by Crippen LogP contribution is 2.53. The van der Waals surface area contributed by atoms with E-state index in [9.17, 15) is 13.0 Å². The molecule has 0 aliphatic heterocycles. The Kier molecular flexibility index (Phi) is 7.23. The van der Waals surface area contributed by atoms with Gasteiger partial charge in [0.15, 0.2) is 0 Å². The number of benzene rings is 1. The maximum absolute atomic E-state index is 12.6. The molecule has 0 amide bonds. The molecule has 0 spiro atoms. The van der Waals surface area contributed by atoms with Gasteiger partial charge in [0.2, 0.25) is 9.84 Å². The highest BCUT2D eigenvalue weighted by atomic mass is 32.2. The van der Waals surface area contributed by atoms with E-state index < -0.39 is 23.1 Å². The molecule has 8 heteroatoms. The molecule has 0 saturated carbocycles. The Morgan fingerprint density at radius 2 is 1.58 bits per heavy atom. The van der Waals surface area contributed by atoms with Crippen LogP contribution in [0.25, 0.3) is 0 Å². The smallest absolute Gasteiger partial charge is 0.407 e. The van der Waals surface area contributed by atoms with Crippen molar-refractivity contribution < 1.29 is 26.6 Å². The summed E-state index contributed by atoms with van der Waals surface area (Å²) in [6, 6.07) is 7.95. The molecule has 1 rings (SSSR count). The van der Waals surface area contributed by atoms with Gasteiger partial charge in [0.05, 0.1) is 23.5 Å². The van der Waals surface area contributed by atoms with Crippen LogP contribution in [0.15, 0.2) is 46.4 Å². The molecule has 0 aromatic heterocycles. The minimum Gasteiger partial charge on any atom is -0.407 e. The van der Waals surface area contributed by atoms with E-state index in [1.165, 1.54) is 12.1 Å². The standard InChI is InChI=1S/C16H25O6PS/c1-6-20-23(17,21-7-2)22-15(16(3,4)5)13-24(18,19)14-11-9-8-10-12-14/h8-13H,6-7H2,1-5H3/b15-13-. The lowest BCUT2D eigenvalue weighted by Gasteiger charge is -2.26. The van der Waals surface area contributed by atoms with Gasteiger partial charge in [0.1, 0.15) is 5.76 Å². The summed E-state index contributed by atoms with van der Waals surface area (Å²) < 4.78 is 53.3. The quantitative estimate of drug-likeness (QED) is 0.489. The second kappa shape index (κ2) is 8.30. The van der Waals surface area contributed by atoms with Crippen LogP contribution in [-0.4, -0.2) is 21.6 Å². The molecule has 24 heavy (non-hydrogen) atoms. The third-order valence-corrected chi connectivity index (χ3v) is 5.88. The van der Waals surface area contributed by atoms with Gasteiger partial charge in [-0.3, -0.25) is 9.05 Å². The van der Waals surface area contributed by atoms with Crippen LogP contribution in [0.5, 0.6) is 0 Å². The van der Waals surface area contributed by atoms with E-state index in [4.69, 9.17) is 13.6 Å². The first kappa shape index (κ1) is 20.9. The topological polar surface area (TPSA) is 78.9 Å². The molecule has 0 fully saturated rings. The summed E-state index contributed by atoms with van der Waals surface area (Å²) in [5.74, 6) is 0.0107. The largest absolute Gasteiger partial charge is 0.529 e. The molecule has 0 aliphatic carbocycles. The van der Waals surface area contributed by atoms with Crippen molar-refractivity contribution >= 4 is 17.7 Å². The highest BCUT2D eigenvalue weighted by Gasteiger charge is 2.34. The predicted molar refractivity (Wildman–Crippen MR) is 93.1 cm³/mol. The molecule has 0 saturated heterocycles. The molecule has 0 unspecified atom stereocenters. The fourth-order valence-electron chi connectivity index (χ4n) is 1.68. The Morgan fingerprint density at radius 3 is 2.00 bits per heavy atom. The van der Waals surface area contributed by atoms with E-state index in [0.29, 0.717) is 0 Å². The van der Waals surface area contributed by atoms with Crippen LogP contribution in [0.2, 0.25) is 0 Å². The molecule has 0 aliphatic rings. The van der Waals surface area contributed by atoms with E-state index in [1.807, 2.05) is 0 Å². The maximum atomic E-state index is 12.6. The molecule has 0 heterocycles. The predicted octanol–water partition coefficient (Wildman–Crippen LogP) is 4.55. The SMILES string of the molecule is CCOP(=O)(OCC)O/C(=C\S(=O)(=O)c1ccccc1)C(C)(C)C. The minimum absolute atomic E-state index is 0.0107. The number of allylic oxidation sites excluding steroid dienone is 1. The number of sulfone groups is 1. The Bertz CT molecular complexity index is 694. The first-order valence-corrected chi connectivity index (χ1v) is 10.7. The third-order valence-electron chi connectivity index (χ3n) is 2.86. The van der Waals surface area contributed by atoms with Crippen molar-refractivity contribution in [3.8, 4) is 0 Å². The third kappa shape index (κ3) is 6.06. The lowest BCUT2D eigenvalue weighted by Crippen LogP contribution is -2.15. The van der Waals surface area contributed by atoms with Crippen molar-refractivity contribution in [1.29, 1.82) is 0 Å². The zero-order valence-electron chi connectivity index (χ0n) is 14.7. The number of hydrogen-bond donors (Lipinski definition) is 0. The number of rotatable bonds is 8. The zero-order valence-corrected chi connectivity index (χ0v) is 16.4. The average molecular weight is 376 g/mol. The van der Waals surface area contributed by atoms with Crippen LogP contribution in [0.4, 0.5) is 0 Å². The Labute approximate surface area is 144 Å². The second-order valence-electron chi connectivity index (χ2n) is 5.96. The number of hydrogen-bond acceptors (Lipinski definition) is 6. The Hall–Kier alpha value is -1.14. The monoisotopic (exact) mass is 376 g/mol. The van der Waals surface area contributed by atoms with Crippen LogP contribution >= 0.6 is 7.82 Å². The van der Waals surface area contributed by atoms with Gasteiger partial charge >= 0.3 is 7.82 Å². The molecule has 6 nitrogen and oxygen atoms in total. The summed E-state index contributed by atoms with van der Waals surface area (Å²) in [7, 11) is -7.65. The van der Waals surface area contributed by atoms with Crippen LogP contribution in [0.1, 0.15) is 34.6 Å². The summed E-state index contributed by atoms with van der Waals surface area (Å²) in [6.07, 6.45) is 0. The van der Waals surface area contributed by atoms with E-state index >= 15 is 0 Å². The van der Waals surface area contributed by atoms with Crippen LogP contribution in [-0.2, 0) is 28.0 Å². The van der Waals surface area contributed by atoms with E-state index in [1.54, 1.807) is 52.8 Å². The maximum Gasteiger partial charge on any atom is 0.529 e. The van der Waals surface area contributed by atoms with Gasteiger partial charge < -0.3 is 4.52 Å². The van der Waals surface area contributed by atoms with Gasteiger partial charge in [0, 0.05) is 5.41 Å². The first-order chi connectivity index (χ1) is 11.0. The lowest BCUT2D eigenvalue weighted by molar-refractivity contribution is 0.129. The molecule has 136 valence electrons. The van der Waals surface area contributed by atoms with E-state index in [0.717, 1.165) is 5.41 Å². The van der Waals surface area contributed by atoms with Crippen molar-refractivity contribution in [3.63, 3.8) is 0 Å². The van der Waals surface area contributed by atoms with E-state index in [-0.39, 0.29) is 23.9 Å². The number of phosphoric ester groups is 1. The highest BCUT2D eigenvalue weighted by molar-refractivity contribution is 7.94. The van der Waals surface area contributed by atoms with Crippen molar-refractivity contribution in [2.75, 3.05) is 13.2 Å². The molecular weight excluding hydrogens is 351 g/mol. The van der Waals surface area contributed by atoms with Crippen LogP contribution in [0.3, 0.4) is 0 Å². The molecular formula is C16H25O6PS. The van der Waals surface area contributed by atoms with Crippen LogP contribution < -0.4 is 0 Å². The van der Waals surface area contributed by atoms with Gasteiger partial charge in [-0.1, -0.05) is 39.0 Å². The van der Waals surface area contributed by atoms with Crippen molar-refractivity contribution in [2.45, 2.75) is 39.5 Å². The molecule has 0 bridgehead atoms. The van der Waals surface area contributed by atoms with Gasteiger partial charge in [-0.25, -0.2) is 13.0 Å². The molecule has 0 N–H and O–H groups in total. The summed E-state index contributed by atoms with van der Waals surface area (Å²) in [6.45, 7) is 8.78. The van der Waals surface area contributed by atoms with E-state index in [2.05, 4.69) is 0 Å². The molecule has 1 aromatic carbocycles. The van der Waals surface area contributed by atoms with Crippen LogP contribution in [0, 0.1) is 5.41 Å². The van der Waals surface area contributed by atoms with Gasteiger partial charge in [-0.15, -0.1) is 0 Å². The average Bonchev–Trinajstić information content (AvgIpc) is 2.47. The molecule has 0 radical (unpaired) electrons. The summed E-state index contributed by atoms with van der Waals surface area (Å²) >= 11 is 0. The summed E-state index contributed by atoms with van der Waals surface area (Å²) in [4.78, 5) is 0.123. The Morgan fingerprint density at radius 1 is 1.08 bits per heavy atom. The molecule has 0 atom stereocenters. The van der Waals surface area contributed by atoms with Gasteiger partial charge in [-0.05, 0) is 26.0 Å². The number of phosphoric acid groups is 1. The first-order valence-electron chi connectivity index (χ1n) is 7.65. The summed E-state index contributed by atoms with van der Waals surface area (Å²) in [5.41, 5.74) is -0.717. The fourth-order valence-corrected chi connectivity index (χ4v) is 4.49. The van der Waals surface area contributed by atoms with Gasteiger partial charge in [0.25, 0.3) is 0 Å².